The van der Waals surface area contributed by atoms with E-state index in [2.05, 4.69) is 17.4 Å². The van der Waals surface area contributed by atoms with Crippen LogP contribution in [-0.4, -0.2) is 27.1 Å². The number of sulfonamides is 1. The number of fused-ring (bicyclic) bond motifs is 1. The lowest BCUT2D eigenvalue weighted by atomic mass is 9.87. The fourth-order valence-corrected chi connectivity index (χ4v) is 4.78. The molecule has 0 aromatic heterocycles. The second-order valence-corrected chi connectivity index (χ2v) is 9.40. The number of amides is 1. The number of carbonyl (C=O) groups excluding carboxylic acids is 1. The monoisotopic (exact) mass is 400 g/mol. The first kappa shape index (κ1) is 20.4. The summed E-state index contributed by atoms with van der Waals surface area (Å²) in [7, 11) is -3.40. The number of anilines is 1. The van der Waals surface area contributed by atoms with Gasteiger partial charge in [0.05, 0.1) is 18.0 Å². The van der Waals surface area contributed by atoms with Crippen molar-refractivity contribution in [1.82, 2.24) is 5.32 Å². The van der Waals surface area contributed by atoms with Gasteiger partial charge in [-0.3, -0.25) is 9.10 Å². The largest absolute Gasteiger partial charge is 0.349 e. The molecular formula is C22H28N2O3S. The van der Waals surface area contributed by atoms with Crippen LogP contribution in [0.1, 0.15) is 48.4 Å². The van der Waals surface area contributed by atoms with Crippen molar-refractivity contribution in [2.24, 2.45) is 0 Å². The van der Waals surface area contributed by atoms with Crippen molar-refractivity contribution >= 4 is 21.6 Å². The van der Waals surface area contributed by atoms with Crippen molar-refractivity contribution in [1.29, 1.82) is 0 Å². The molecule has 0 fully saturated rings. The molecule has 0 aliphatic heterocycles. The predicted octanol–water partition coefficient (Wildman–Crippen LogP) is 3.74. The second kappa shape index (κ2) is 8.78. The average molecular weight is 401 g/mol. The molecule has 2 aromatic carbocycles. The van der Waals surface area contributed by atoms with Crippen LogP contribution >= 0.6 is 0 Å². The second-order valence-electron chi connectivity index (χ2n) is 7.49. The predicted molar refractivity (Wildman–Crippen MR) is 113 cm³/mol. The summed E-state index contributed by atoms with van der Waals surface area (Å²) in [6.45, 7) is 2.22. The zero-order valence-corrected chi connectivity index (χ0v) is 17.3. The zero-order chi connectivity index (χ0) is 20.1. The molecule has 1 aliphatic carbocycles. The third-order valence-corrected chi connectivity index (χ3v) is 6.35. The van der Waals surface area contributed by atoms with E-state index in [-0.39, 0.29) is 18.5 Å². The van der Waals surface area contributed by atoms with Gasteiger partial charge in [0, 0.05) is 13.0 Å². The standard InChI is InChI=1S/C22H28N2O3S/c1-17-8-5-11-19(16-17)24(28(2,26)27)15-7-14-22(25)23-21-13-6-10-18-9-3-4-12-20(18)21/h3-5,8-9,11-12,16,21H,6-7,10,13-15H2,1-2H3,(H,23,25)/t21-/m1/s1. The molecule has 6 heteroatoms. The molecule has 5 nitrogen and oxygen atoms in total. The minimum atomic E-state index is -3.40. The number of aryl methyl sites for hydroxylation is 2. The summed E-state index contributed by atoms with van der Waals surface area (Å²) in [5, 5.41) is 3.13. The topological polar surface area (TPSA) is 66.5 Å². The van der Waals surface area contributed by atoms with Gasteiger partial charge in [-0.1, -0.05) is 36.4 Å². The lowest BCUT2D eigenvalue weighted by Crippen LogP contribution is -2.33. The molecule has 2 aromatic rings. The van der Waals surface area contributed by atoms with E-state index < -0.39 is 10.0 Å². The van der Waals surface area contributed by atoms with Crippen LogP contribution in [0.15, 0.2) is 48.5 Å². The van der Waals surface area contributed by atoms with Gasteiger partial charge in [0.25, 0.3) is 0 Å². The van der Waals surface area contributed by atoms with Gasteiger partial charge in [-0.15, -0.1) is 0 Å². The van der Waals surface area contributed by atoms with Gasteiger partial charge in [0.1, 0.15) is 0 Å². The maximum Gasteiger partial charge on any atom is 0.232 e. The van der Waals surface area contributed by atoms with E-state index in [9.17, 15) is 13.2 Å². The van der Waals surface area contributed by atoms with Crippen LogP contribution in [0, 0.1) is 6.92 Å². The molecule has 1 amide bonds. The van der Waals surface area contributed by atoms with Gasteiger partial charge >= 0.3 is 0 Å². The van der Waals surface area contributed by atoms with Crippen molar-refractivity contribution in [3.05, 3.63) is 65.2 Å². The van der Waals surface area contributed by atoms with Crippen LogP contribution in [0.5, 0.6) is 0 Å². The number of nitrogens with one attached hydrogen (secondary N) is 1. The molecule has 150 valence electrons. The van der Waals surface area contributed by atoms with E-state index in [4.69, 9.17) is 0 Å². The van der Waals surface area contributed by atoms with Gasteiger partial charge in [-0.05, 0) is 61.4 Å². The summed E-state index contributed by atoms with van der Waals surface area (Å²) >= 11 is 0. The molecule has 0 saturated carbocycles. The Bertz CT molecular complexity index is 940. The maximum absolute atomic E-state index is 12.5. The molecule has 0 heterocycles. The highest BCUT2D eigenvalue weighted by Crippen LogP contribution is 2.29. The first-order chi connectivity index (χ1) is 13.3. The molecule has 1 atom stereocenters. The van der Waals surface area contributed by atoms with Gasteiger partial charge < -0.3 is 5.32 Å². The lowest BCUT2D eigenvalue weighted by molar-refractivity contribution is -0.122. The van der Waals surface area contributed by atoms with E-state index in [1.165, 1.54) is 21.7 Å². The summed E-state index contributed by atoms with van der Waals surface area (Å²) in [6, 6.07) is 15.7. The normalized spacial score (nSPS) is 16.3. The quantitative estimate of drug-likeness (QED) is 0.770. The minimum absolute atomic E-state index is 0.0283. The Labute approximate surface area is 167 Å². The van der Waals surface area contributed by atoms with Crippen LogP contribution in [0.4, 0.5) is 5.69 Å². The Morgan fingerprint density at radius 2 is 1.96 bits per heavy atom. The van der Waals surface area contributed by atoms with Gasteiger partial charge in [-0.2, -0.15) is 0 Å². The maximum atomic E-state index is 12.5. The van der Waals surface area contributed by atoms with E-state index in [0.29, 0.717) is 18.5 Å². The summed E-state index contributed by atoms with van der Waals surface area (Å²) in [5.74, 6) is -0.0283. The number of benzene rings is 2. The third-order valence-electron chi connectivity index (χ3n) is 5.16. The van der Waals surface area contributed by atoms with E-state index in [1.807, 2.05) is 37.3 Å². The average Bonchev–Trinajstić information content (AvgIpc) is 2.64. The smallest absolute Gasteiger partial charge is 0.232 e. The van der Waals surface area contributed by atoms with Gasteiger partial charge in [-0.25, -0.2) is 8.42 Å². The summed E-state index contributed by atoms with van der Waals surface area (Å²) in [5.41, 5.74) is 4.16. The Kier molecular flexibility index (Phi) is 6.39. The highest BCUT2D eigenvalue weighted by molar-refractivity contribution is 7.92. The van der Waals surface area contributed by atoms with Crippen LogP contribution in [0.3, 0.4) is 0 Å². The lowest BCUT2D eigenvalue weighted by Gasteiger charge is -2.27. The highest BCUT2D eigenvalue weighted by Gasteiger charge is 2.22. The fourth-order valence-electron chi connectivity index (χ4n) is 3.82. The van der Waals surface area contributed by atoms with Crippen LogP contribution < -0.4 is 9.62 Å². The molecule has 0 bridgehead atoms. The van der Waals surface area contributed by atoms with Crippen molar-refractivity contribution in [2.45, 2.75) is 45.1 Å². The van der Waals surface area contributed by atoms with Gasteiger partial charge in [0.2, 0.25) is 15.9 Å². The summed E-state index contributed by atoms with van der Waals surface area (Å²) in [4.78, 5) is 12.5. The molecule has 1 aliphatic rings. The van der Waals surface area contributed by atoms with Crippen LogP contribution in [0.25, 0.3) is 0 Å². The summed E-state index contributed by atoms with van der Waals surface area (Å²) < 4.78 is 25.8. The van der Waals surface area contributed by atoms with Crippen molar-refractivity contribution in [3.8, 4) is 0 Å². The summed E-state index contributed by atoms with van der Waals surface area (Å²) in [6.07, 6.45) is 5.05. The SMILES string of the molecule is Cc1cccc(N(CCCC(=O)N[C@@H]2CCCc3ccccc32)S(C)(=O)=O)c1. The molecule has 1 N–H and O–H groups in total. The molecule has 0 radical (unpaired) electrons. The first-order valence-electron chi connectivity index (χ1n) is 9.76. The third kappa shape index (κ3) is 5.13. The number of rotatable bonds is 7. The molecule has 0 saturated heterocycles. The van der Waals surface area contributed by atoms with Crippen LogP contribution in [0.2, 0.25) is 0 Å². The van der Waals surface area contributed by atoms with E-state index in [0.717, 1.165) is 24.8 Å². The Hall–Kier alpha value is -2.34. The zero-order valence-electron chi connectivity index (χ0n) is 16.5. The highest BCUT2D eigenvalue weighted by atomic mass is 32.2. The van der Waals surface area contributed by atoms with E-state index in [1.54, 1.807) is 6.07 Å². The Balaban J connectivity index is 1.58. The fraction of sp³-hybridized carbons (Fsp3) is 0.409. The molecule has 3 rings (SSSR count). The Morgan fingerprint density at radius 3 is 2.71 bits per heavy atom. The number of hydrogen-bond donors (Lipinski definition) is 1. The molecule has 0 unspecified atom stereocenters. The number of nitrogens with zero attached hydrogens (tertiary/aromatic N) is 1. The van der Waals surface area contributed by atoms with Gasteiger partial charge in [0.15, 0.2) is 0 Å². The molecule has 28 heavy (non-hydrogen) atoms. The van der Waals surface area contributed by atoms with Crippen molar-refractivity contribution in [3.63, 3.8) is 0 Å². The number of carbonyl (C=O) groups is 1. The van der Waals surface area contributed by atoms with Crippen LogP contribution in [-0.2, 0) is 21.2 Å². The molecular weight excluding hydrogens is 372 g/mol. The van der Waals surface area contributed by atoms with Crippen molar-refractivity contribution < 1.29 is 13.2 Å². The van der Waals surface area contributed by atoms with E-state index >= 15 is 0 Å². The number of hydrogen-bond acceptors (Lipinski definition) is 3. The first-order valence-corrected chi connectivity index (χ1v) is 11.6. The Morgan fingerprint density at radius 1 is 1.18 bits per heavy atom. The molecule has 0 spiro atoms. The minimum Gasteiger partial charge on any atom is -0.349 e. The van der Waals surface area contributed by atoms with Crippen molar-refractivity contribution in [2.75, 3.05) is 17.1 Å².